The van der Waals surface area contributed by atoms with Crippen molar-refractivity contribution in [2.75, 3.05) is 5.32 Å². The van der Waals surface area contributed by atoms with E-state index in [1.165, 1.54) is 5.56 Å². The van der Waals surface area contributed by atoms with Gasteiger partial charge in [0.2, 0.25) is 5.91 Å². The molecular formula is C20H26N2O3S. The van der Waals surface area contributed by atoms with E-state index < -0.39 is 11.7 Å². The van der Waals surface area contributed by atoms with Crippen molar-refractivity contribution in [3.05, 3.63) is 52.2 Å². The van der Waals surface area contributed by atoms with Gasteiger partial charge < -0.3 is 10.1 Å². The second kappa shape index (κ2) is 8.85. The molecule has 140 valence electrons. The highest BCUT2D eigenvalue weighted by atomic mass is 32.1. The third-order valence-corrected chi connectivity index (χ3v) is 4.20. The lowest BCUT2D eigenvalue weighted by Crippen LogP contribution is -2.35. The van der Waals surface area contributed by atoms with Crippen LogP contribution in [0.3, 0.4) is 0 Å². The van der Waals surface area contributed by atoms with Crippen LogP contribution in [0.15, 0.2) is 41.1 Å². The molecule has 0 aliphatic heterocycles. The lowest BCUT2D eigenvalue weighted by molar-refractivity contribution is -0.121. The van der Waals surface area contributed by atoms with Crippen LogP contribution in [0.25, 0.3) is 0 Å². The van der Waals surface area contributed by atoms with Gasteiger partial charge in [-0.15, -0.1) is 0 Å². The van der Waals surface area contributed by atoms with E-state index in [0.29, 0.717) is 5.69 Å². The summed E-state index contributed by atoms with van der Waals surface area (Å²) in [5.41, 5.74) is 2.11. The van der Waals surface area contributed by atoms with E-state index in [0.717, 1.165) is 12.0 Å². The molecule has 2 N–H and O–H groups in total. The summed E-state index contributed by atoms with van der Waals surface area (Å²) in [5.74, 6) is -0.0397. The summed E-state index contributed by atoms with van der Waals surface area (Å²) >= 11 is 1.66. The Kier molecular flexibility index (Phi) is 6.80. The summed E-state index contributed by atoms with van der Waals surface area (Å²) in [5, 5.41) is 9.83. The van der Waals surface area contributed by atoms with E-state index in [2.05, 4.69) is 22.1 Å². The van der Waals surface area contributed by atoms with Crippen molar-refractivity contribution < 1.29 is 14.3 Å². The summed E-state index contributed by atoms with van der Waals surface area (Å²) in [6, 6.07) is 9.37. The van der Waals surface area contributed by atoms with E-state index in [4.69, 9.17) is 4.74 Å². The van der Waals surface area contributed by atoms with E-state index in [1.54, 1.807) is 23.5 Å². The van der Waals surface area contributed by atoms with Gasteiger partial charge in [-0.05, 0) is 74.2 Å². The first-order valence-electron chi connectivity index (χ1n) is 8.60. The summed E-state index contributed by atoms with van der Waals surface area (Å²) in [6.45, 7) is 7.43. The molecule has 1 atom stereocenters. The maximum Gasteiger partial charge on any atom is 0.412 e. The van der Waals surface area contributed by atoms with E-state index in [-0.39, 0.29) is 18.4 Å². The van der Waals surface area contributed by atoms with Crippen LogP contribution >= 0.6 is 11.3 Å². The van der Waals surface area contributed by atoms with Gasteiger partial charge in [-0.2, -0.15) is 11.3 Å². The molecule has 26 heavy (non-hydrogen) atoms. The maximum absolute atomic E-state index is 12.3. The molecule has 2 rings (SSSR count). The molecule has 0 aliphatic carbocycles. The number of thiophene rings is 1. The van der Waals surface area contributed by atoms with Crippen LogP contribution in [-0.4, -0.2) is 23.6 Å². The molecule has 0 saturated carbocycles. The molecule has 0 fully saturated rings. The number of amides is 2. The van der Waals surface area contributed by atoms with E-state index >= 15 is 0 Å². The largest absolute Gasteiger partial charge is 0.444 e. The number of ether oxygens (including phenoxy) is 1. The van der Waals surface area contributed by atoms with Crippen LogP contribution in [0.2, 0.25) is 0 Å². The molecule has 0 saturated heterocycles. The number of benzene rings is 1. The Labute approximate surface area is 158 Å². The molecule has 0 aliphatic rings. The normalized spacial score (nSPS) is 12.3. The third kappa shape index (κ3) is 7.27. The van der Waals surface area contributed by atoms with E-state index in [9.17, 15) is 9.59 Å². The zero-order valence-electron chi connectivity index (χ0n) is 15.7. The Morgan fingerprint density at radius 3 is 2.62 bits per heavy atom. The minimum Gasteiger partial charge on any atom is -0.444 e. The predicted molar refractivity (Wildman–Crippen MR) is 106 cm³/mol. The third-order valence-electron chi connectivity index (χ3n) is 3.47. The quantitative estimate of drug-likeness (QED) is 0.788. The van der Waals surface area contributed by atoms with Gasteiger partial charge in [0.25, 0.3) is 0 Å². The lowest BCUT2D eigenvalue weighted by Gasteiger charge is -2.19. The Morgan fingerprint density at radius 2 is 1.96 bits per heavy atom. The number of rotatable bonds is 6. The van der Waals surface area contributed by atoms with Crippen molar-refractivity contribution in [2.45, 2.75) is 52.2 Å². The summed E-state index contributed by atoms with van der Waals surface area (Å²) in [4.78, 5) is 24.1. The average molecular weight is 375 g/mol. The highest BCUT2D eigenvalue weighted by molar-refractivity contribution is 7.07. The molecule has 0 bridgehead atoms. The second-order valence-electron chi connectivity index (χ2n) is 7.31. The van der Waals surface area contributed by atoms with E-state index in [1.807, 2.05) is 45.2 Å². The van der Waals surface area contributed by atoms with Crippen LogP contribution in [0.5, 0.6) is 0 Å². The van der Waals surface area contributed by atoms with Crippen LogP contribution < -0.4 is 10.6 Å². The van der Waals surface area contributed by atoms with Crippen molar-refractivity contribution in [2.24, 2.45) is 0 Å². The van der Waals surface area contributed by atoms with Gasteiger partial charge in [0.15, 0.2) is 0 Å². The molecule has 0 radical (unpaired) electrons. The zero-order chi connectivity index (χ0) is 19.2. The van der Waals surface area contributed by atoms with Crippen LogP contribution in [-0.2, 0) is 22.4 Å². The molecular weight excluding hydrogens is 348 g/mol. The van der Waals surface area contributed by atoms with Crippen molar-refractivity contribution >= 4 is 29.0 Å². The standard InChI is InChI=1S/C20H26N2O3S/c1-14(10-16-8-9-26-13-16)21-18(23)12-15-6-5-7-17(11-15)22-19(24)25-20(2,3)4/h5-9,11,13-14H,10,12H2,1-4H3,(H,21,23)(H,22,24)/t14-/m0/s1. The highest BCUT2D eigenvalue weighted by Gasteiger charge is 2.16. The topological polar surface area (TPSA) is 67.4 Å². The van der Waals surface area contributed by atoms with Gasteiger partial charge in [-0.1, -0.05) is 12.1 Å². The number of nitrogens with one attached hydrogen (secondary N) is 2. The number of hydrogen-bond donors (Lipinski definition) is 2. The average Bonchev–Trinajstić information content (AvgIpc) is 2.97. The second-order valence-corrected chi connectivity index (χ2v) is 8.09. The number of carbonyl (C=O) groups excluding carboxylic acids is 2. The van der Waals surface area contributed by atoms with Gasteiger partial charge >= 0.3 is 6.09 Å². The highest BCUT2D eigenvalue weighted by Crippen LogP contribution is 2.14. The number of anilines is 1. The van der Waals surface area contributed by atoms with Gasteiger partial charge in [-0.25, -0.2) is 4.79 Å². The first-order chi connectivity index (χ1) is 12.2. The summed E-state index contributed by atoms with van der Waals surface area (Å²) < 4.78 is 5.24. The minimum atomic E-state index is -0.555. The summed E-state index contributed by atoms with van der Waals surface area (Å²) in [6.07, 6.45) is 0.566. The monoisotopic (exact) mass is 374 g/mol. The molecule has 1 aromatic carbocycles. The van der Waals surface area contributed by atoms with Crippen LogP contribution in [0, 0.1) is 0 Å². The van der Waals surface area contributed by atoms with Crippen molar-refractivity contribution in [1.82, 2.24) is 5.32 Å². The smallest absolute Gasteiger partial charge is 0.412 e. The van der Waals surface area contributed by atoms with Crippen LogP contribution in [0.4, 0.5) is 10.5 Å². The molecule has 2 amide bonds. The Hall–Kier alpha value is -2.34. The number of carbonyl (C=O) groups is 2. The molecule has 0 unspecified atom stereocenters. The lowest BCUT2D eigenvalue weighted by atomic mass is 10.1. The van der Waals surface area contributed by atoms with Gasteiger partial charge in [0.1, 0.15) is 5.60 Å². The first-order valence-corrected chi connectivity index (χ1v) is 9.55. The number of hydrogen-bond acceptors (Lipinski definition) is 4. The zero-order valence-corrected chi connectivity index (χ0v) is 16.5. The molecule has 1 heterocycles. The maximum atomic E-state index is 12.3. The Morgan fingerprint density at radius 1 is 1.19 bits per heavy atom. The fraction of sp³-hybridized carbons (Fsp3) is 0.400. The Balaban J connectivity index is 1.87. The van der Waals surface area contributed by atoms with Crippen molar-refractivity contribution in [3.8, 4) is 0 Å². The fourth-order valence-corrected chi connectivity index (χ4v) is 3.19. The minimum absolute atomic E-state index is 0.0397. The molecule has 6 heteroatoms. The molecule has 1 aromatic heterocycles. The first kappa shape index (κ1) is 20.0. The van der Waals surface area contributed by atoms with Crippen molar-refractivity contribution in [3.63, 3.8) is 0 Å². The summed E-state index contributed by atoms with van der Waals surface area (Å²) in [7, 11) is 0. The predicted octanol–water partition coefficient (Wildman–Crippen LogP) is 4.39. The Bertz CT molecular complexity index is 736. The van der Waals surface area contributed by atoms with Gasteiger partial charge in [0.05, 0.1) is 6.42 Å². The molecule has 5 nitrogen and oxygen atoms in total. The molecule has 0 spiro atoms. The molecule has 2 aromatic rings. The van der Waals surface area contributed by atoms with Crippen LogP contribution in [0.1, 0.15) is 38.8 Å². The fourth-order valence-electron chi connectivity index (χ4n) is 2.51. The van der Waals surface area contributed by atoms with Gasteiger partial charge in [-0.3, -0.25) is 10.1 Å². The SMILES string of the molecule is C[C@@H](Cc1ccsc1)NC(=O)Cc1cccc(NC(=O)OC(C)(C)C)c1. The van der Waals surface area contributed by atoms with Crippen molar-refractivity contribution in [1.29, 1.82) is 0 Å². The van der Waals surface area contributed by atoms with Gasteiger partial charge in [0, 0.05) is 11.7 Å².